The van der Waals surface area contributed by atoms with Crippen LogP contribution in [0.2, 0.25) is 0 Å². The number of aromatic nitrogens is 1. The molecule has 0 aromatic carbocycles. The highest BCUT2D eigenvalue weighted by molar-refractivity contribution is 5.27. The molecule has 0 amide bonds. The third kappa shape index (κ3) is 1.90. The van der Waals surface area contributed by atoms with Gasteiger partial charge in [-0.05, 0) is 31.4 Å². The maximum atomic E-state index is 5.94. The second kappa shape index (κ2) is 4.29. The normalized spacial score (nSPS) is 20.1. The Hall–Kier alpha value is -0.930. The van der Waals surface area contributed by atoms with E-state index in [4.69, 9.17) is 10.5 Å². The highest BCUT2D eigenvalue weighted by Gasteiger charge is 2.35. The Morgan fingerprint density at radius 3 is 2.80 bits per heavy atom. The standard InChI is InChI=1S/C12H18N2O/c1-10-3-2-6-14-11(10)12(9-13)4-7-15-8-5-12/h2-3,6H,4-5,7-9,13H2,1H3. The lowest BCUT2D eigenvalue weighted by Gasteiger charge is -2.36. The van der Waals surface area contributed by atoms with Gasteiger partial charge in [0.15, 0.2) is 0 Å². The quantitative estimate of drug-likeness (QED) is 0.795. The number of rotatable bonds is 2. The molecule has 0 unspecified atom stereocenters. The van der Waals surface area contributed by atoms with Gasteiger partial charge in [-0.2, -0.15) is 0 Å². The van der Waals surface area contributed by atoms with E-state index in [1.165, 1.54) is 5.56 Å². The third-order valence-electron chi connectivity index (χ3n) is 3.35. The van der Waals surface area contributed by atoms with Gasteiger partial charge in [-0.15, -0.1) is 0 Å². The van der Waals surface area contributed by atoms with Gasteiger partial charge >= 0.3 is 0 Å². The average molecular weight is 206 g/mol. The van der Waals surface area contributed by atoms with Crippen LogP contribution in [-0.2, 0) is 10.2 Å². The largest absolute Gasteiger partial charge is 0.381 e. The van der Waals surface area contributed by atoms with Gasteiger partial charge in [-0.3, -0.25) is 4.98 Å². The van der Waals surface area contributed by atoms with Crippen molar-refractivity contribution in [2.24, 2.45) is 5.73 Å². The Morgan fingerprint density at radius 1 is 1.47 bits per heavy atom. The minimum absolute atomic E-state index is 0.0452. The van der Waals surface area contributed by atoms with Crippen LogP contribution in [0.25, 0.3) is 0 Å². The number of nitrogens with zero attached hydrogens (tertiary/aromatic N) is 1. The van der Waals surface area contributed by atoms with E-state index in [1.54, 1.807) is 0 Å². The summed E-state index contributed by atoms with van der Waals surface area (Å²) in [5.41, 5.74) is 8.39. The summed E-state index contributed by atoms with van der Waals surface area (Å²) in [5, 5.41) is 0. The Bertz CT molecular complexity index is 332. The Morgan fingerprint density at radius 2 is 2.20 bits per heavy atom. The molecular weight excluding hydrogens is 188 g/mol. The zero-order chi connectivity index (χ0) is 10.7. The van der Waals surface area contributed by atoms with Gasteiger partial charge < -0.3 is 10.5 Å². The van der Waals surface area contributed by atoms with Crippen LogP contribution in [-0.4, -0.2) is 24.7 Å². The highest BCUT2D eigenvalue weighted by Crippen LogP contribution is 2.33. The van der Waals surface area contributed by atoms with E-state index >= 15 is 0 Å². The lowest BCUT2D eigenvalue weighted by atomic mass is 9.75. The van der Waals surface area contributed by atoms with Crippen molar-refractivity contribution in [1.82, 2.24) is 4.98 Å². The molecule has 0 aliphatic carbocycles. The maximum absolute atomic E-state index is 5.94. The first-order chi connectivity index (χ1) is 7.28. The molecule has 2 heterocycles. The highest BCUT2D eigenvalue weighted by atomic mass is 16.5. The molecule has 2 rings (SSSR count). The zero-order valence-corrected chi connectivity index (χ0v) is 9.20. The molecule has 0 radical (unpaired) electrons. The van der Waals surface area contributed by atoms with Gasteiger partial charge in [0.1, 0.15) is 0 Å². The fourth-order valence-electron chi connectivity index (χ4n) is 2.34. The number of aryl methyl sites for hydroxylation is 1. The molecular formula is C12H18N2O. The van der Waals surface area contributed by atoms with Crippen molar-refractivity contribution >= 4 is 0 Å². The van der Waals surface area contributed by atoms with Crippen molar-refractivity contribution in [3.63, 3.8) is 0 Å². The van der Waals surface area contributed by atoms with Crippen LogP contribution in [0.1, 0.15) is 24.1 Å². The first kappa shape index (κ1) is 10.6. The number of ether oxygens (including phenoxy) is 1. The van der Waals surface area contributed by atoms with Crippen molar-refractivity contribution in [2.45, 2.75) is 25.2 Å². The van der Waals surface area contributed by atoms with Crippen LogP contribution in [0, 0.1) is 6.92 Å². The van der Waals surface area contributed by atoms with E-state index in [9.17, 15) is 0 Å². The summed E-state index contributed by atoms with van der Waals surface area (Å²) in [7, 11) is 0. The average Bonchev–Trinajstić information content (AvgIpc) is 2.30. The minimum Gasteiger partial charge on any atom is -0.381 e. The molecule has 3 nitrogen and oxygen atoms in total. The van der Waals surface area contributed by atoms with Crippen LogP contribution in [0.15, 0.2) is 18.3 Å². The maximum Gasteiger partial charge on any atom is 0.0508 e. The molecule has 0 saturated carbocycles. The van der Waals surface area contributed by atoms with Crippen LogP contribution >= 0.6 is 0 Å². The van der Waals surface area contributed by atoms with Gasteiger partial charge in [-0.1, -0.05) is 6.07 Å². The first-order valence-corrected chi connectivity index (χ1v) is 5.48. The molecule has 2 N–H and O–H groups in total. The van der Waals surface area contributed by atoms with E-state index in [0.29, 0.717) is 6.54 Å². The van der Waals surface area contributed by atoms with E-state index in [1.807, 2.05) is 12.3 Å². The predicted octanol–water partition coefficient (Wildman–Crippen LogP) is 1.40. The molecule has 0 bridgehead atoms. The summed E-state index contributed by atoms with van der Waals surface area (Å²) in [4.78, 5) is 4.51. The van der Waals surface area contributed by atoms with Crippen LogP contribution < -0.4 is 5.73 Å². The fraction of sp³-hybridized carbons (Fsp3) is 0.583. The monoisotopic (exact) mass is 206 g/mol. The second-order valence-electron chi connectivity index (χ2n) is 4.27. The van der Waals surface area contributed by atoms with E-state index in [2.05, 4.69) is 18.0 Å². The summed E-state index contributed by atoms with van der Waals surface area (Å²) >= 11 is 0. The lowest BCUT2D eigenvalue weighted by Crippen LogP contribution is -2.41. The molecule has 0 atom stereocenters. The van der Waals surface area contributed by atoms with Crippen molar-refractivity contribution in [3.05, 3.63) is 29.6 Å². The molecule has 1 aromatic heterocycles. The van der Waals surface area contributed by atoms with Crippen molar-refractivity contribution in [3.8, 4) is 0 Å². The molecule has 1 aliphatic heterocycles. The Labute approximate surface area is 90.7 Å². The van der Waals surface area contributed by atoms with Crippen LogP contribution in [0.3, 0.4) is 0 Å². The second-order valence-corrected chi connectivity index (χ2v) is 4.27. The Balaban J connectivity index is 2.36. The summed E-state index contributed by atoms with van der Waals surface area (Å²) < 4.78 is 5.40. The van der Waals surface area contributed by atoms with E-state index < -0.39 is 0 Å². The number of hydrogen-bond acceptors (Lipinski definition) is 3. The number of nitrogens with two attached hydrogens (primary N) is 1. The van der Waals surface area contributed by atoms with Gasteiger partial charge in [0.25, 0.3) is 0 Å². The van der Waals surface area contributed by atoms with Crippen LogP contribution in [0.4, 0.5) is 0 Å². The molecule has 3 heteroatoms. The summed E-state index contributed by atoms with van der Waals surface area (Å²) in [6.45, 7) is 4.36. The molecule has 1 fully saturated rings. The summed E-state index contributed by atoms with van der Waals surface area (Å²) in [6.07, 6.45) is 3.83. The molecule has 1 aliphatic rings. The molecule has 1 saturated heterocycles. The molecule has 15 heavy (non-hydrogen) atoms. The minimum atomic E-state index is 0.0452. The van der Waals surface area contributed by atoms with Crippen molar-refractivity contribution in [2.75, 3.05) is 19.8 Å². The first-order valence-electron chi connectivity index (χ1n) is 5.48. The lowest BCUT2D eigenvalue weighted by molar-refractivity contribution is 0.0513. The smallest absolute Gasteiger partial charge is 0.0508 e. The van der Waals surface area contributed by atoms with Gasteiger partial charge in [-0.25, -0.2) is 0 Å². The summed E-state index contributed by atoms with van der Waals surface area (Å²) in [5.74, 6) is 0. The van der Waals surface area contributed by atoms with Crippen molar-refractivity contribution in [1.29, 1.82) is 0 Å². The SMILES string of the molecule is Cc1cccnc1C1(CN)CCOCC1. The molecule has 0 spiro atoms. The van der Waals surface area contributed by atoms with Crippen molar-refractivity contribution < 1.29 is 4.74 Å². The van der Waals surface area contributed by atoms with Gasteiger partial charge in [0, 0.05) is 31.4 Å². The van der Waals surface area contributed by atoms with E-state index in [-0.39, 0.29) is 5.41 Å². The Kier molecular flexibility index (Phi) is 3.03. The van der Waals surface area contributed by atoms with Gasteiger partial charge in [0.05, 0.1) is 5.69 Å². The molecule has 1 aromatic rings. The fourth-order valence-corrected chi connectivity index (χ4v) is 2.34. The number of hydrogen-bond donors (Lipinski definition) is 1. The van der Waals surface area contributed by atoms with Crippen LogP contribution in [0.5, 0.6) is 0 Å². The predicted molar refractivity (Wildman–Crippen MR) is 59.8 cm³/mol. The molecule has 82 valence electrons. The van der Waals surface area contributed by atoms with E-state index in [0.717, 1.165) is 31.7 Å². The topological polar surface area (TPSA) is 48.1 Å². The zero-order valence-electron chi connectivity index (χ0n) is 9.20. The summed E-state index contributed by atoms with van der Waals surface area (Å²) in [6, 6.07) is 4.08. The van der Waals surface area contributed by atoms with Gasteiger partial charge in [0.2, 0.25) is 0 Å². The third-order valence-corrected chi connectivity index (χ3v) is 3.35. The number of pyridine rings is 1.